The van der Waals surface area contributed by atoms with Crippen molar-refractivity contribution in [3.05, 3.63) is 34.9 Å². The highest BCUT2D eigenvalue weighted by Gasteiger charge is 2.07. The molecule has 0 fully saturated rings. The van der Waals surface area contributed by atoms with Crippen molar-refractivity contribution in [2.45, 2.75) is 13.8 Å². The first-order valence-corrected chi connectivity index (χ1v) is 3.63. The molecule has 0 aromatic heterocycles. The number of rotatable bonds is 1. The monoisotopic (exact) mass is 238 g/mol. The van der Waals surface area contributed by atoms with Crippen LogP contribution in [-0.2, 0) is 4.74 Å². The SMILES string of the molecule is Cl.Cl.[2H]C([2H])OC(=O)c1ccc(C)cc1C. The third-order valence-electron chi connectivity index (χ3n) is 1.71. The quantitative estimate of drug-likeness (QED) is 0.704. The van der Waals surface area contributed by atoms with Crippen molar-refractivity contribution < 1.29 is 12.3 Å². The van der Waals surface area contributed by atoms with Gasteiger partial charge in [0.1, 0.15) is 0 Å². The summed E-state index contributed by atoms with van der Waals surface area (Å²) in [6.07, 6.45) is 0. The molecule has 0 unspecified atom stereocenters. The molecule has 0 saturated heterocycles. The van der Waals surface area contributed by atoms with Gasteiger partial charge in [-0.1, -0.05) is 17.7 Å². The van der Waals surface area contributed by atoms with Crippen LogP contribution >= 0.6 is 24.8 Å². The van der Waals surface area contributed by atoms with E-state index < -0.39 is 13.0 Å². The second kappa shape index (κ2) is 6.68. The number of methoxy groups -OCH3 is 1. The molecule has 80 valence electrons. The first-order chi connectivity index (χ1) is 6.50. The zero-order valence-electron chi connectivity index (χ0n) is 9.94. The van der Waals surface area contributed by atoms with Crippen LogP contribution < -0.4 is 0 Å². The Morgan fingerprint density at radius 1 is 1.36 bits per heavy atom. The minimum atomic E-state index is -1.57. The van der Waals surface area contributed by atoms with E-state index in [1.54, 1.807) is 19.1 Å². The molecule has 0 radical (unpaired) electrons. The molecule has 0 atom stereocenters. The minimum Gasteiger partial charge on any atom is -0.465 e. The molecule has 1 aromatic rings. The maximum absolute atomic E-state index is 11.3. The smallest absolute Gasteiger partial charge is 0.338 e. The van der Waals surface area contributed by atoms with Crippen LogP contribution in [0.2, 0.25) is 0 Å². The van der Waals surface area contributed by atoms with Crippen LogP contribution in [0.1, 0.15) is 24.2 Å². The van der Waals surface area contributed by atoms with E-state index in [1.807, 2.05) is 13.0 Å². The van der Waals surface area contributed by atoms with E-state index in [1.165, 1.54) is 0 Å². The van der Waals surface area contributed by atoms with E-state index in [4.69, 9.17) is 2.74 Å². The topological polar surface area (TPSA) is 26.3 Å². The number of hydrogen-bond donors (Lipinski definition) is 0. The number of hydrogen-bond acceptors (Lipinski definition) is 2. The maximum Gasteiger partial charge on any atom is 0.338 e. The lowest BCUT2D eigenvalue weighted by Gasteiger charge is -2.03. The predicted octanol–water partition coefficient (Wildman–Crippen LogP) is 2.93. The van der Waals surface area contributed by atoms with E-state index >= 15 is 0 Å². The molecule has 0 aliphatic carbocycles. The van der Waals surface area contributed by atoms with E-state index in [2.05, 4.69) is 4.74 Å². The molecule has 1 aromatic carbocycles. The van der Waals surface area contributed by atoms with Crippen LogP contribution in [0.15, 0.2) is 18.2 Å². The van der Waals surface area contributed by atoms with Gasteiger partial charge in [-0.2, -0.15) is 0 Å². The Labute approximate surface area is 99.3 Å². The van der Waals surface area contributed by atoms with Gasteiger partial charge in [-0.15, -0.1) is 24.8 Å². The van der Waals surface area contributed by atoms with Crippen molar-refractivity contribution in [3.8, 4) is 0 Å². The van der Waals surface area contributed by atoms with Gasteiger partial charge in [0.25, 0.3) is 0 Å². The Balaban J connectivity index is 0. The predicted molar refractivity (Wildman–Crippen MR) is 61.8 cm³/mol. The molecule has 4 heteroatoms. The molecule has 0 spiro atoms. The van der Waals surface area contributed by atoms with Crippen molar-refractivity contribution in [2.75, 3.05) is 7.06 Å². The molecule has 0 aliphatic heterocycles. The summed E-state index contributed by atoms with van der Waals surface area (Å²) in [6.45, 7) is 3.73. The summed E-state index contributed by atoms with van der Waals surface area (Å²) >= 11 is 0. The fraction of sp³-hybridized carbons (Fsp3) is 0.300. The van der Waals surface area contributed by atoms with Crippen LogP contribution in [0.4, 0.5) is 0 Å². The molecule has 0 saturated carbocycles. The Kier molecular flexibility index (Phi) is 5.42. The molecule has 2 nitrogen and oxygen atoms in total. The maximum atomic E-state index is 11.3. The molecule has 0 aliphatic rings. The van der Waals surface area contributed by atoms with Gasteiger partial charge < -0.3 is 4.74 Å². The molecular formula is C10H14Cl2O2. The van der Waals surface area contributed by atoms with Gasteiger partial charge >= 0.3 is 5.97 Å². The van der Waals surface area contributed by atoms with Crippen molar-refractivity contribution >= 4 is 30.8 Å². The number of benzene rings is 1. The van der Waals surface area contributed by atoms with Gasteiger partial charge in [-0.3, -0.25) is 0 Å². The lowest BCUT2D eigenvalue weighted by Crippen LogP contribution is -2.03. The number of esters is 1. The second-order valence-electron chi connectivity index (χ2n) is 2.72. The fourth-order valence-electron chi connectivity index (χ4n) is 1.11. The van der Waals surface area contributed by atoms with Crippen molar-refractivity contribution in [3.63, 3.8) is 0 Å². The zero-order valence-corrected chi connectivity index (χ0v) is 9.58. The summed E-state index contributed by atoms with van der Waals surface area (Å²) in [4.78, 5) is 11.3. The molecule has 1 rings (SSSR count). The first-order valence-electron chi connectivity index (χ1n) is 4.79. The Bertz CT molecular complexity index is 357. The first kappa shape index (κ1) is 11.3. The number of aryl methyl sites for hydroxylation is 2. The van der Waals surface area contributed by atoms with Crippen LogP contribution in [0.5, 0.6) is 0 Å². The average Bonchev–Trinajstić information content (AvgIpc) is 2.01. The third kappa shape index (κ3) is 3.56. The summed E-state index contributed by atoms with van der Waals surface area (Å²) in [6, 6.07) is 5.31. The van der Waals surface area contributed by atoms with Gasteiger partial charge in [0.2, 0.25) is 0 Å². The minimum absolute atomic E-state index is 0. The van der Waals surface area contributed by atoms with Gasteiger partial charge in [-0.05, 0) is 25.5 Å². The molecule has 0 heterocycles. The van der Waals surface area contributed by atoms with Crippen LogP contribution in [-0.4, -0.2) is 13.0 Å². The highest BCUT2D eigenvalue weighted by molar-refractivity contribution is 5.90. The normalized spacial score (nSPS) is 10.5. The van der Waals surface area contributed by atoms with Gasteiger partial charge in [0.05, 0.1) is 15.4 Å². The molecular weight excluding hydrogens is 223 g/mol. The standard InChI is InChI=1S/C10H12O2.2ClH/c1-7-4-5-9(8(2)6-7)10(11)12-3;;/h4-6H,1-3H3;2*1H/i3D2;;. The number of carbonyl (C=O) groups is 1. The molecule has 0 amide bonds. The summed E-state index contributed by atoms with van der Waals surface area (Å²) in [5.41, 5.74) is 2.28. The van der Waals surface area contributed by atoms with Crippen LogP contribution in [0.3, 0.4) is 0 Å². The van der Waals surface area contributed by atoms with E-state index in [-0.39, 0.29) is 24.8 Å². The van der Waals surface area contributed by atoms with Gasteiger partial charge in [-0.25, -0.2) is 4.79 Å². The average molecular weight is 239 g/mol. The summed E-state index contributed by atoms with van der Waals surface area (Å²) in [5, 5.41) is 0. The Morgan fingerprint density at radius 2 is 2.00 bits per heavy atom. The van der Waals surface area contributed by atoms with Crippen LogP contribution in [0.25, 0.3) is 0 Å². The second-order valence-corrected chi connectivity index (χ2v) is 2.72. The van der Waals surface area contributed by atoms with E-state index in [0.717, 1.165) is 11.1 Å². The lowest BCUT2D eigenvalue weighted by molar-refractivity contribution is 0.0600. The number of carbonyl (C=O) groups excluding carboxylic acids is 1. The zero-order chi connectivity index (χ0) is 10.7. The summed E-state index contributed by atoms with van der Waals surface area (Å²) in [5.74, 6) is -0.613. The largest absolute Gasteiger partial charge is 0.465 e. The van der Waals surface area contributed by atoms with E-state index in [9.17, 15) is 4.79 Å². The molecule has 14 heavy (non-hydrogen) atoms. The number of ether oxygens (including phenoxy) is 1. The van der Waals surface area contributed by atoms with Crippen molar-refractivity contribution in [1.29, 1.82) is 0 Å². The van der Waals surface area contributed by atoms with Crippen molar-refractivity contribution in [2.24, 2.45) is 0 Å². The third-order valence-corrected chi connectivity index (χ3v) is 1.71. The summed E-state index contributed by atoms with van der Waals surface area (Å²) < 4.78 is 18.0. The highest BCUT2D eigenvalue weighted by atomic mass is 35.5. The van der Waals surface area contributed by atoms with Gasteiger partial charge in [0, 0.05) is 0 Å². The van der Waals surface area contributed by atoms with Gasteiger partial charge in [0.15, 0.2) is 0 Å². The Hall–Kier alpha value is -0.730. The molecule has 0 bridgehead atoms. The van der Waals surface area contributed by atoms with E-state index in [0.29, 0.717) is 5.56 Å². The van der Waals surface area contributed by atoms with Crippen molar-refractivity contribution in [1.82, 2.24) is 0 Å². The van der Waals surface area contributed by atoms with Crippen LogP contribution in [0, 0.1) is 13.8 Å². The summed E-state index contributed by atoms with van der Waals surface area (Å²) in [7, 11) is -1.57. The number of halogens is 2. The molecule has 0 N–H and O–H groups in total. The Morgan fingerprint density at radius 3 is 2.50 bits per heavy atom. The fourth-order valence-corrected chi connectivity index (χ4v) is 1.11. The lowest BCUT2D eigenvalue weighted by atomic mass is 10.1. The highest BCUT2D eigenvalue weighted by Crippen LogP contribution is 2.10.